The first-order valence-corrected chi connectivity index (χ1v) is 7.42. The lowest BCUT2D eigenvalue weighted by Gasteiger charge is -2.39. The molecule has 0 radical (unpaired) electrons. The Hall–Kier alpha value is -2.12. The lowest BCUT2D eigenvalue weighted by molar-refractivity contribution is -0.140. The van der Waals surface area contributed by atoms with E-state index in [0.717, 1.165) is 0 Å². The minimum Gasteiger partial charge on any atom is -0.366 e. The van der Waals surface area contributed by atoms with Crippen LogP contribution in [0, 0.1) is 0 Å². The summed E-state index contributed by atoms with van der Waals surface area (Å²) in [5, 5.41) is 7.52. The van der Waals surface area contributed by atoms with Crippen LogP contribution in [0.15, 0.2) is 0 Å². The maximum atomic E-state index is 12.0. The molecule has 0 fully saturated rings. The van der Waals surface area contributed by atoms with Crippen molar-refractivity contribution in [1.82, 2.24) is 16.0 Å². The minimum absolute atomic E-state index is 0.106. The third-order valence-corrected chi connectivity index (χ3v) is 3.17. The van der Waals surface area contributed by atoms with Crippen LogP contribution < -0.4 is 21.7 Å². The molecule has 8 heteroatoms. The number of carbonyl (C=O) groups is 4. The summed E-state index contributed by atoms with van der Waals surface area (Å²) in [7, 11) is 0. The van der Waals surface area contributed by atoms with Crippen molar-refractivity contribution in [2.45, 2.75) is 65.1 Å². The van der Waals surface area contributed by atoms with Crippen LogP contribution in [0.1, 0.15) is 53.4 Å². The maximum Gasteiger partial charge on any atom is 0.266 e. The molecule has 0 saturated heterocycles. The summed E-state index contributed by atoms with van der Waals surface area (Å²) >= 11 is 0. The molecule has 0 rings (SSSR count). The fourth-order valence-electron chi connectivity index (χ4n) is 2.08. The number of amides is 4. The number of primary amides is 1. The van der Waals surface area contributed by atoms with Gasteiger partial charge < -0.3 is 21.7 Å². The lowest BCUT2D eigenvalue weighted by Crippen LogP contribution is -2.76. The zero-order valence-corrected chi connectivity index (χ0v) is 13.6. The second-order valence-electron chi connectivity index (χ2n) is 5.03. The molecule has 0 aliphatic carbocycles. The monoisotopic (exact) mass is 314 g/mol. The average Bonchev–Trinajstić information content (AvgIpc) is 2.43. The second kappa shape index (κ2) is 9.01. The zero-order valence-electron chi connectivity index (χ0n) is 13.6. The molecule has 22 heavy (non-hydrogen) atoms. The van der Waals surface area contributed by atoms with E-state index in [1.54, 1.807) is 20.8 Å². The zero-order chi connectivity index (χ0) is 17.3. The first-order valence-electron chi connectivity index (χ1n) is 7.42. The van der Waals surface area contributed by atoms with Gasteiger partial charge in [-0.1, -0.05) is 20.8 Å². The van der Waals surface area contributed by atoms with Crippen molar-refractivity contribution < 1.29 is 19.2 Å². The Morgan fingerprint density at radius 1 is 1.05 bits per heavy atom. The molecule has 0 bridgehead atoms. The highest BCUT2D eigenvalue weighted by molar-refractivity contribution is 5.95. The molecule has 126 valence electrons. The summed E-state index contributed by atoms with van der Waals surface area (Å²) in [5.41, 5.74) is 3.60. The minimum atomic E-state index is -1.85. The van der Waals surface area contributed by atoms with Gasteiger partial charge in [0.05, 0.1) is 6.04 Å². The van der Waals surface area contributed by atoms with Gasteiger partial charge in [-0.3, -0.25) is 19.2 Å². The smallest absolute Gasteiger partial charge is 0.266 e. The van der Waals surface area contributed by atoms with Gasteiger partial charge in [-0.15, -0.1) is 0 Å². The van der Waals surface area contributed by atoms with Crippen molar-refractivity contribution in [2.75, 3.05) is 0 Å². The standard InChI is InChI=1S/C14H26N4O4/c1-5-8-12(21)18-14(13(15)22,17-11(20)7-3)10(6-2)16-9(4)19/h10H,5-8H2,1-4H3,(H2,15,22)(H,16,19)(H,17,20)(H,18,21). The van der Waals surface area contributed by atoms with Gasteiger partial charge >= 0.3 is 0 Å². The predicted molar refractivity (Wildman–Crippen MR) is 81.3 cm³/mol. The number of carbonyl (C=O) groups excluding carboxylic acids is 4. The van der Waals surface area contributed by atoms with Crippen LogP contribution in [-0.4, -0.2) is 35.3 Å². The van der Waals surface area contributed by atoms with Gasteiger partial charge in [0.25, 0.3) is 5.91 Å². The lowest BCUT2D eigenvalue weighted by atomic mass is 9.95. The van der Waals surface area contributed by atoms with Gasteiger partial charge in [0.15, 0.2) is 0 Å². The molecule has 0 spiro atoms. The van der Waals surface area contributed by atoms with Gasteiger partial charge in [-0.05, 0) is 12.8 Å². The van der Waals surface area contributed by atoms with E-state index in [4.69, 9.17) is 5.73 Å². The molecule has 2 atom stereocenters. The summed E-state index contributed by atoms with van der Waals surface area (Å²) < 4.78 is 0. The summed E-state index contributed by atoms with van der Waals surface area (Å²) in [5.74, 6) is -2.21. The Morgan fingerprint density at radius 3 is 1.95 bits per heavy atom. The van der Waals surface area contributed by atoms with Gasteiger partial charge in [-0.2, -0.15) is 0 Å². The van der Waals surface area contributed by atoms with Crippen molar-refractivity contribution in [3.05, 3.63) is 0 Å². The van der Waals surface area contributed by atoms with Gasteiger partial charge in [0.2, 0.25) is 23.4 Å². The molecule has 2 unspecified atom stereocenters. The topological polar surface area (TPSA) is 130 Å². The van der Waals surface area contributed by atoms with E-state index in [1.807, 2.05) is 0 Å². The average molecular weight is 314 g/mol. The Balaban J connectivity index is 5.71. The number of nitrogens with one attached hydrogen (secondary N) is 3. The number of hydrogen-bond acceptors (Lipinski definition) is 4. The first kappa shape index (κ1) is 19.9. The van der Waals surface area contributed by atoms with Crippen molar-refractivity contribution in [3.8, 4) is 0 Å². The summed E-state index contributed by atoms with van der Waals surface area (Å²) in [6.07, 6.45) is 1.14. The maximum absolute atomic E-state index is 12.0. The Bertz CT molecular complexity index is 439. The van der Waals surface area contributed by atoms with Gasteiger partial charge in [0, 0.05) is 19.8 Å². The summed E-state index contributed by atoms with van der Waals surface area (Å²) in [6, 6.07) is -0.848. The van der Waals surface area contributed by atoms with E-state index in [2.05, 4.69) is 16.0 Å². The van der Waals surface area contributed by atoms with Crippen molar-refractivity contribution in [3.63, 3.8) is 0 Å². The van der Waals surface area contributed by atoms with Crippen molar-refractivity contribution >= 4 is 23.6 Å². The van der Waals surface area contributed by atoms with Crippen LogP contribution in [0.2, 0.25) is 0 Å². The highest BCUT2D eigenvalue weighted by atomic mass is 16.2. The molecule has 0 aliphatic rings. The van der Waals surface area contributed by atoms with Crippen LogP contribution in [-0.2, 0) is 19.2 Å². The highest BCUT2D eigenvalue weighted by Crippen LogP contribution is 2.13. The molecule has 0 saturated carbocycles. The normalized spacial score (nSPS) is 14.4. The number of nitrogens with two attached hydrogens (primary N) is 1. The van der Waals surface area contributed by atoms with E-state index in [9.17, 15) is 19.2 Å². The molecule has 8 nitrogen and oxygen atoms in total. The predicted octanol–water partition coefficient (Wildman–Crippen LogP) is -0.475. The third-order valence-electron chi connectivity index (χ3n) is 3.17. The Morgan fingerprint density at radius 2 is 1.59 bits per heavy atom. The molecule has 4 amide bonds. The molecule has 0 aromatic carbocycles. The van der Waals surface area contributed by atoms with Gasteiger partial charge in [0.1, 0.15) is 0 Å². The first-order chi connectivity index (χ1) is 10.2. The second-order valence-corrected chi connectivity index (χ2v) is 5.03. The van der Waals surface area contributed by atoms with Crippen LogP contribution in [0.25, 0.3) is 0 Å². The van der Waals surface area contributed by atoms with E-state index in [1.165, 1.54) is 6.92 Å². The summed E-state index contributed by atoms with van der Waals surface area (Å²) in [4.78, 5) is 47.1. The summed E-state index contributed by atoms with van der Waals surface area (Å²) in [6.45, 7) is 6.40. The molecule has 0 aromatic rings. The third kappa shape index (κ3) is 5.34. The van der Waals surface area contributed by atoms with Crippen LogP contribution in [0.4, 0.5) is 0 Å². The van der Waals surface area contributed by atoms with Crippen LogP contribution in [0.3, 0.4) is 0 Å². The van der Waals surface area contributed by atoms with Gasteiger partial charge in [-0.25, -0.2) is 0 Å². The molecule has 0 aromatic heterocycles. The van der Waals surface area contributed by atoms with E-state index in [0.29, 0.717) is 12.8 Å². The quantitative estimate of drug-likeness (QED) is 0.428. The molecule has 5 N–H and O–H groups in total. The molecule has 0 heterocycles. The van der Waals surface area contributed by atoms with Crippen molar-refractivity contribution in [1.29, 1.82) is 0 Å². The van der Waals surface area contributed by atoms with E-state index < -0.39 is 35.3 Å². The van der Waals surface area contributed by atoms with E-state index >= 15 is 0 Å². The SMILES string of the molecule is CCCC(=O)NC(NC(=O)CC)(C(N)=O)C(CC)NC(C)=O. The highest BCUT2D eigenvalue weighted by Gasteiger charge is 2.46. The molecule has 0 aliphatic heterocycles. The largest absolute Gasteiger partial charge is 0.366 e. The van der Waals surface area contributed by atoms with Crippen LogP contribution in [0.5, 0.6) is 0 Å². The fraction of sp³-hybridized carbons (Fsp3) is 0.714. The van der Waals surface area contributed by atoms with Crippen LogP contribution >= 0.6 is 0 Å². The fourth-order valence-corrected chi connectivity index (χ4v) is 2.08. The van der Waals surface area contributed by atoms with E-state index in [-0.39, 0.29) is 12.8 Å². The molecular formula is C14H26N4O4. The number of hydrogen-bond donors (Lipinski definition) is 4. The van der Waals surface area contributed by atoms with Crippen molar-refractivity contribution in [2.24, 2.45) is 5.73 Å². The molecular weight excluding hydrogens is 288 g/mol. The Kier molecular flexibility index (Phi) is 8.14. The number of rotatable bonds is 9. The Labute approximate surface area is 130 Å².